The lowest BCUT2D eigenvalue weighted by molar-refractivity contribution is -0.145. The van der Waals surface area contributed by atoms with E-state index in [1.807, 2.05) is 33.0 Å². The molecule has 4 heteroatoms. The molecule has 28 heavy (non-hydrogen) atoms. The van der Waals surface area contributed by atoms with E-state index < -0.39 is 4.75 Å². The van der Waals surface area contributed by atoms with E-state index in [0.29, 0.717) is 6.61 Å². The first kappa shape index (κ1) is 20.4. The summed E-state index contributed by atoms with van der Waals surface area (Å²) in [7, 11) is 0. The molecule has 3 nitrogen and oxygen atoms in total. The van der Waals surface area contributed by atoms with Crippen LogP contribution in [-0.2, 0) is 22.4 Å². The zero-order valence-corrected chi connectivity index (χ0v) is 17.8. The maximum absolute atomic E-state index is 12.3. The maximum atomic E-state index is 12.3. The number of rotatable bonds is 7. The quantitative estimate of drug-likeness (QED) is 0.374. The summed E-state index contributed by atoms with van der Waals surface area (Å²) in [5.74, 6) is -0.194. The SMILES string of the molecule is CCOC(=O)C(C)(C)Sc1ccncc1Cc1ccc(CC)c2ccccc12. The topological polar surface area (TPSA) is 39.2 Å². The van der Waals surface area contributed by atoms with Gasteiger partial charge >= 0.3 is 5.97 Å². The Morgan fingerprint density at radius 2 is 1.68 bits per heavy atom. The first-order valence-electron chi connectivity index (χ1n) is 9.75. The number of fused-ring (bicyclic) bond motifs is 1. The van der Waals surface area contributed by atoms with Crippen molar-refractivity contribution in [1.82, 2.24) is 4.98 Å². The number of hydrogen-bond acceptors (Lipinski definition) is 4. The summed E-state index contributed by atoms with van der Waals surface area (Å²) >= 11 is 1.54. The molecule has 0 aliphatic heterocycles. The Balaban J connectivity index is 1.95. The number of aromatic nitrogens is 1. The smallest absolute Gasteiger partial charge is 0.321 e. The number of aryl methyl sites for hydroxylation is 1. The van der Waals surface area contributed by atoms with Crippen molar-refractivity contribution in [3.8, 4) is 0 Å². The molecular weight excluding hydrogens is 366 g/mol. The predicted octanol–water partition coefficient (Wildman–Crippen LogP) is 5.82. The number of carbonyl (C=O) groups is 1. The van der Waals surface area contributed by atoms with Crippen LogP contribution < -0.4 is 0 Å². The number of pyridine rings is 1. The van der Waals surface area contributed by atoms with Crippen molar-refractivity contribution >= 4 is 28.5 Å². The average molecular weight is 394 g/mol. The minimum absolute atomic E-state index is 0.194. The van der Waals surface area contributed by atoms with E-state index in [1.54, 1.807) is 6.20 Å². The number of hydrogen-bond donors (Lipinski definition) is 0. The van der Waals surface area contributed by atoms with Crippen molar-refractivity contribution in [3.63, 3.8) is 0 Å². The molecule has 0 radical (unpaired) electrons. The van der Waals surface area contributed by atoms with Gasteiger partial charge in [-0.2, -0.15) is 0 Å². The molecule has 0 aliphatic rings. The number of thioether (sulfide) groups is 1. The minimum atomic E-state index is -0.653. The molecule has 0 unspecified atom stereocenters. The standard InChI is InChI=1S/C24H27NO2S/c1-5-17-11-12-18(21-10-8-7-9-20(17)21)15-19-16-25-14-13-22(19)28-24(3,4)23(26)27-6-2/h7-14,16H,5-6,15H2,1-4H3. The largest absolute Gasteiger partial charge is 0.465 e. The fourth-order valence-electron chi connectivity index (χ4n) is 3.36. The van der Waals surface area contributed by atoms with Gasteiger partial charge in [0.1, 0.15) is 4.75 Å². The normalized spacial score (nSPS) is 11.6. The van der Waals surface area contributed by atoms with Gasteiger partial charge in [0, 0.05) is 23.7 Å². The first-order valence-corrected chi connectivity index (χ1v) is 10.6. The van der Waals surface area contributed by atoms with Gasteiger partial charge in [-0.15, -0.1) is 11.8 Å². The van der Waals surface area contributed by atoms with Crippen molar-refractivity contribution in [2.75, 3.05) is 6.61 Å². The van der Waals surface area contributed by atoms with Crippen LogP contribution in [-0.4, -0.2) is 22.3 Å². The minimum Gasteiger partial charge on any atom is -0.465 e. The van der Waals surface area contributed by atoms with Gasteiger partial charge in [0.25, 0.3) is 0 Å². The lowest BCUT2D eigenvalue weighted by atomic mass is 9.95. The molecule has 3 rings (SSSR count). The van der Waals surface area contributed by atoms with E-state index in [0.717, 1.165) is 23.3 Å². The van der Waals surface area contributed by atoms with Crippen LogP contribution in [0.1, 0.15) is 44.4 Å². The summed E-state index contributed by atoms with van der Waals surface area (Å²) in [4.78, 5) is 17.7. The Kier molecular flexibility index (Phi) is 6.40. The summed E-state index contributed by atoms with van der Waals surface area (Å²) in [6.07, 6.45) is 5.49. The third-order valence-corrected chi connectivity index (χ3v) is 6.15. The molecule has 0 saturated carbocycles. The van der Waals surface area contributed by atoms with Crippen molar-refractivity contribution in [3.05, 3.63) is 71.5 Å². The first-order chi connectivity index (χ1) is 13.5. The van der Waals surface area contributed by atoms with E-state index in [9.17, 15) is 4.79 Å². The predicted molar refractivity (Wildman–Crippen MR) is 117 cm³/mol. The lowest BCUT2D eigenvalue weighted by Crippen LogP contribution is -2.30. The third-order valence-electron chi connectivity index (χ3n) is 4.86. The Morgan fingerprint density at radius 1 is 1.00 bits per heavy atom. The fourth-order valence-corrected chi connectivity index (χ4v) is 4.44. The van der Waals surface area contributed by atoms with Gasteiger partial charge in [0.2, 0.25) is 0 Å². The molecule has 1 aromatic heterocycles. The van der Waals surface area contributed by atoms with Crippen LogP contribution in [0.5, 0.6) is 0 Å². The van der Waals surface area contributed by atoms with Crippen LogP contribution in [0.3, 0.4) is 0 Å². The van der Waals surface area contributed by atoms with Gasteiger partial charge in [-0.25, -0.2) is 0 Å². The maximum Gasteiger partial charge on any atom is 0.321 e. The van der Waals surface area contributed by atoms with Gasteiger partial charge in [-0.05, 0) is 60.7 Å². The Labute approximate surface area is 171 Å². The molecule has 0 atom stereocenters. The van der Waals surface area contributed by atoms with E-state index in [4.69, 9.17) is 4.74 Å². The lowest BCUT2D eigenvalue weighted by Gasteiger charge is -2.23. The van der Waals surface area contributed by atoms with Gasteiger partial charge < -0.3 is 4.74 Å². The van der Waals surface area contributed by atoms with Crippen LogP contribution in [0.25, 0.3) is 10.8 Å². The third kappa shape index (κ3) is 4.39. The monoisotopic (exact) mass is 393 g/mol. The molecule has 0 spiro atoms. The van der Waals surface area contributed by atoms with Crippen molar-refractivity contribution in [2.45, 2.75) is 50.2 Å². The highest BCUT2D eigenvalue weighted by Crippen LogP contribution is 2.36. The molecule has 0 amide bonds. The number of ether oxygens (including phenoxy) is 1. The summed E-state index contributed by atoms with van der Waals surface area (Å²) in [5, 5.41) is 2.60. The number of benzene rings is 2. The molecule has 2 aromatic carbocycles. The number of nitrogens with zero attached hydrogens (tertiary/aromatic N) is 1. The number of esters is 1. The highest BCUT2D eigenvalue weighted by Gasteiger charge is 2.31. The van der Waals surface area contributed by atoms with Crippen LogP contribution >= 0.6 is 11.8 Å². The Morgan fingerprint density at radius 3 is 2.36 bits per heavy atom. The molecule has 146 valence electrons. The van der Waals surface area contributed by atoms with E-state index in [1.165, 1.54) is 33.7 Å². The molecule has 1 heterocycles. The molecule has 0 N–H and O–H groups in total. The fraction of sp³-hybridized carbons (Fsp3) is 0.333. The zero-order chi connectivity index (χ0) is 20.1. The van der Waals surface area contributed by atoms with Crippen LogP contribution in [0.2, 0.25) is 0 Å². The summed E-state index contributed by atoms with van der Waals surface area (Å²) in [6, 6.07) is 15.0. The molecular formula is C24H27NO2S. The van der Waals surface area contributed by atoms with Gasteiger partial charge in [-0.1, -0.05) is 43.3 Å². The van der Waals surface area contributed by atoms with E-state index >= 15 is 0 Å². The zero-order valence-electron chi connectivity index (χ0n) is 17.0. The highest BCUT2D eigenvalue weighted by molar-refractivity contribution is 8.01. The molecule has 0 fully saturated rings. The summed E-state index contributed by atoms with van der Waals surface area (Å²) in [6.45, 7) is 8.23. The summed E-state index contributed by atoms with van der Waals surface area (Å²) in [5.41, 5.74) is 3.76. The molecule has 3 aromatic rings. The van der Waals surface area contributed by atoms with E-state index in [-0.39, 0.29) is 5.97 Å². The molecule has 0 aliphatic carbocycles. The second-order valence-electron chi connectivity index (χ2n) is 7.28. The summed E-state index contributed by atoms with van der Waals surface area (Å²) < 4.78 is 4.59. The second-order valence-corrected chi connectivity index (χ2v) is 8.94. The average Bonchev–Trinajstić information content (AvgIpc) is 2.69. The van der Waals surface area contributed by atoms with E-state index in [2.05, 4.69) is 48.3 Å². The van der Waals surface area contributed by atoms with Crippen LogP contribution in [0.15, 0.2) is 59.8 Å². The van der Waals surface area contributed by atoms with Gasteiger partial charge in [0.15, 0.2) is 0 Å². The molecule has 0 saturated heterocycles. The van der Waals surface area contributed by atoms with Gasteiger partial charge in [-0.3, -0.25) is 9.78 Å². The van der Waals surface area contributed by atoms with Crippen molar-refractivity contribution < 1.29 is 9.53 Å². The number of carbonyl (C=O) groups excluding carboxylic acids is 1. The van der Waals surface area contributed by atoms with Crippen molar-refractivity contribution in [1.29, 1.82) is 0 Å². The second kappa shape index (κ2) is 8.78. The van der Waals surface area contributed by atoms with Gasteiger partial charge in [0.05, 0.1) is 6.61 Å². The Hall–Kier alpha value is -2.33. The highest BCUT2D eigenvalue weighted by atomic mass is 32.2. The van der Waals surface area contributed by atoms with Crippen molar-refractivity contribution in [2.24, 2.45) is 0 Å². The Bertz CT molecular complexity index is 981. The van der Waals surface area contributed by atoms with Crippen LogP contribution in [0, 0.1) is 0 Å². The van der Waals surface area contributed by atoms with Crippen LogP contribution in [0.4, 0.5) is 0 Å². The molecule has 0 bridgehead atoms.